The molecule has 3 heteroatoms. The van der Waals surface area contributed by atoms with Gasteiger partial charge in [-0.05, 0) is 36.5 Å². The van der Waals surface area contributed by atoms with E-state index in [1.807, 2.05) is 12.1 Å². The summed E-state index contributed by atoms with van der Waals surface area (Å²) in [6.07, 6.45) is 6.80. The van der Waals surface area contributed by atoms with Crippen molar-refractivity contribution < 1.29 is 0 Å². The van der Waals surface area contributed by atoms with E-state index < -0.39 is 0 Å². The van der Waals surface area contributed by atoms with E-state index >= 15 is 0 Å². The summed E-state index contributed by atoms with van der Waals surface area (Å²) in [6.45, 7) is 4.41. The highest BCUT2D eigenvalue weighted by molar-refractivity contribution is 5.34. The lowest BCUT2D eigenvalue weighted by molar-refractivity contribution is 0.103. The predicted octanol–water partition coefficient (Wildman–Crippen LogP) is 3.08. The molecule has 1 aliphatic heterocycles. The molecule has 1 heterocycles. The van der Waals surface area contributed by atoms with Crippen molar-refractivity contribution in [3.8, 4) is 6.07 Å². The van der Waals surface area contributed by atoms with Gasteiger partial charge in [0.15, 0.2) is 0 Å². The Morgan fingerprint density at radius 3 is 2.62 bits per heavy atom. The molecule has 1 N–H and O–H groups in total. The fourth-order valence-electron chi connectivity index (χ4n) is 3.98. The number of nitrogens with zero attached hydrogens (tertiary/aromatic N) is 2. The molecule has 2 aliphatic rings. The summed E-state index contributed by atoms with van der Waals surface area (Å²) in [5, 5.41) is 12.6. The second-order valence-electron chi connectivity index (χ2n) is 6.37. The van der Waals surface area contributed by atoms with Crippen molar-refractivity contribution in [2.45, 2.75) is 38.1 Å². The summed E-state index contributed by atoms with van der Waals surface area (Å²) in [6, 6.07) is 11.1. The molecular weight excluding hydrogens is 258 g/mol. The molecular formula is C18H25N3. The Bertz CT molecular complexity index is 475. The second kappa shape index (κ2) is 7.06. The number of nitrogens with one attached hydrogen (secondary N) is 1. The molecule has 0 amide bonds. The van der Waals surface area contributed by atoms with Crippen LogP contribution in [0.1, 0.15) is 49.3 Å². The molecule has 3 nitrogen and oxygen atoms in total. The zero-order valence-electron chi connectivity index (χ0n) is 12.7. The van der Waals surface area contributed by atoms with E-state index in [1.165, 1.54) is 37.7 Å². The molecule has 1 atom stereocenters. The molecule has 1 aromatic carbocycles. The van der Waals surface area contributed by atoms with E-state index in [9.17, 15) is 5.26 Å². The summed E-state index contributed by atoms with van der Waals surface area (Å²) in [4.78, 5) is 2.64. The average molecular weight is 283 g/mol. The average Bonchev–Trinajstić information content (AvgIpc) is 2.57. The summed E-state index contributed by atoms with van der Waals surface area (Å²) < 4.78 is 0. The van der Waals surface area contributed by atoms with Crippen LogP contribution in [0.5, 0.6) is 0 Å². The predicted molar refractivity (Wildman–Crippen MR) is 84.9 cm³/mol. The number of nitriles is 1. The molecule has 1 saturated heterocycles. The van der Waals surface area contributed by atoms with Gasteiger partial charge in [-0.2, -0.15) is 5.26 Å². The number of piperazine rings is 1. The van der Waals surface area contributed by atoms with Crippen LogP contribution in [0, 0.1) is 17.2 Å². The fourth-order valence-corrected chi connectivity index (χ4v) is 3.98. The van der Waals surface area contributed by atoms with Gasteiger partial charge in [0, 0.05) is 32.2 Å². The summed E-state index contributed by atoms with van der Waals surface area (Å²) >= 11 is 0. The van der Waals surface area contributed by atoms with Gasteiger partial charge in [0.2, 0.25) is 0 Å². The van der Waals surface area contributed by atoms with Crippen LogP contribution in [0.25, 0.3) is 0 Å². The number of benzene rings is 1. The molecule has 3 rings (SSSR count). The highest BCUT2D eigenvalue weighted by Gasteiger charge is 2.30. The lowest BCUT2D eigenvalue weighted by atomic mass is 9.80. The van der Waals surface area contributed by atoms with Gasteiger partial charge >= 0.3 is 0 Å². The summed E-state index contributed by atoms with van der Waals surface area (Å²) in [5.41, 5.74) is 2.14. The van der Waals surface area contributed by atoms with Crippen LogP contribution in [0.15, 0.2) is 24.3 Å². The minimum Gasteiger partial charge on any atom is -0.314 e. The van der Waals surface area contributed by atoms with Gasteiger partial charge in [-0.1, -0.05) is 31.4 Å². The lowest BCUT2D eigenvalue weighted by Gasteiger charge is -2.41. The SMILES string of the molecule is N#Cc1cccc([C@@H](C2CCCCC2)N2CCNCC2)c1. The fraction of sp³-hybridized carbons (Fsp3) is 0.611. The van der Waals surface area contributed by atoms with Crippen LogP contribution in [0.2, 0.25) is 0 Å². The normalized spacial score (nSPS) is 22.6. The number of hydrogen-bond acceptors (Lipinski definition) is 3. The maximum atomic E-state index is 9.19. The molecule has 0 radical (unpaired) electrons. The van der Waals surface area contributed by atoms with Crippen molar-refractivity contribution in [2.24, 2.45) is 5.92 Å². The van der Waals surface area contributed by atoms with Gasteiger partial charge in [0.05, 0.1) is 11.6 Å². The number of hydrogen-bond donors (Lipinski definition) is 1. The molecule has 1 aromatic rings. The van der Waals surface area contributed by atoms with Crippen molar-refractivity contribution in [3.05, 3.63) is 35.4 Å². The lowest BCUT2D eigenvalue weighted by Crippen LogP contribution is -2.47. The first kappa shape index (κ1) is 14.6. The summed E-state index contributed by atoms with van der Waals surface area (Å²) in [7, 11) is 0. The van der Waals surface area contributed by atoms with Crippen LogP contribution < -0.4 is 5.32 Å². The van der Waals surface area contributed by atoms with Crippen molar-refractivity contribution in [3.63, 3.8) is 0 Å². The molecule has 0 bridgehead atoms. The largest absolute Gasteiger partial charge is 0.314 e. The van der Waals surface area contributed by atoms with Gasteiger partial charge in [-0.3, -0.25) is 4.90 Å². The van der Waals surface area contributed by atoms with E-state index in [4.69, 9.17) is 0 Å². The van der Waals surface area contributed by atoms with Crippen molar-refractivity contribution in [2.75, 3.05) is 26.2 Å². The van der Waals surface area contributed by atoms with Gasteiger partial charge in [-0.25, -0.2) is 0 Å². The van der Waals surface area contributed by atoms with Crippen molar-refractivity contribution in [1.29, 1.82) is 5.26 Å². The first-order chi connectivity index (χ1) is 10.4. The van der Waals surface area contributed by atoms with E-state index in [2.05, 4.69) is 28.4 Å². The standard InChI is InChI=1S/C18H25N3/c19-14-15-5-4-8-17(13-15)18(16-6-2-1-3-7-16)21-11-9-20-10-12-21/h4-5,8,13,16,18,20H,1-3,6-7,9-12H2/t18-/m1/s1. The maximum absolute atomic E-state index is 9.19. The summed E-state index contributed by atoms with van der Waals surface area (Å²) in [5.74, 6) is 0.755. The molecule has 2 fully saturated rings. The van der Waals surface area contributed by atoms with Gasteiger partial charge in [0.25, 0.3) is 0 Å². The molecule has 112 valence electrons. The van der Waals surface area contributed by atoms with Crippen LogP contribution in [0.3, 0.4) is 0 Å². The quantitative estimate of drug-likeness (QED) is 0.926. The van der Waals surface area contributed by atoms with Crippen molar-refractivity contribution >= 4 is 0 Å². The van der Waals surface area contributed by atoms with Crippen molar-refractivity contribution in [1.82, 2.24) is 10.2 Å². The first-order valence-corrected chi connectivity index (χ1v) is 8.33. The highest BCUT2D eigenvalue weighted by atomic mass is 15.2. The van der Waals surface area contributed by atoms with Gasteiger partial charge in [0.1, 0.15) is 0 Å². The Balaban J connectivity index is 1.88. The van der Waals surface area contributed by atoms with E-state index in [-0.39, 0.29) is 0 Å². The van der Waals surface area contributed by atoms with Crippen LogP contribution in [0.4, 0.5) is 0 Å². The van der Waals surface area contributed by atoms with Crippen LogP contribution in [-0.2, 0) is 0 Å². The molecule has 0 aromatic heterocycles. The van der Waals surface area contributed by atoms with Crippen LogP contribution in [-0.4, -0.2) is 31.1 Å². The topological polar surface area (TPSA) is 39.1 Å². The monoisotopic (exact) mass is 283 g/mol. The molecule has 0 spiro atoms. The van der Waals surface area contributed by atoms with E-state index in [0.717, 1.165) is 37.7 Å². The molecule has 21 heavy (non-hydrogen) atoms. The second-order valence-corrected chi connectivity index (χ2v) is 6.37. The highest BCUT2D eigenvalue weighted by Crippen LogP contribution is 2.38. The number of rotatable bonds is 3. The Labute approximate surface area is 128 Å². The Kier molecular flexibility index (Phi) is 4.90. The minimum absolute atomic E-state index is 0.501. The van der Waals surface area contributed by atoms with Gasteiger partial charge < -0.3 is 5.32 Å². The third-order valence-electron chi connectivity index (χ3n) is 5.00. The zero-order chi connectivity index (χ0) is 14.5. The Morgan fingerprint density at radius 2 is 1.90 bits per heavy atom. The van der Waals surface area contributed by atoms with E-state index in [0.29, 0.717) is 6.04 Å². The maximum Gasteiger partial charge on any atom is 0.0991 e. The van der Waals surface area contributed by atoms with Gasteiger partial charge in [-0.15, -0.1) is 0 Å². The molecule has 1 aliphatic carbocycles. The Morgan fingerprint density at radius 1 is 1.14 bits per heavy atom. The third kappa shape index (κ3) is 3.45. The molecule has 1 saturated carbocycles. The smallest absolute Gasteiger partial charge is 0.0991 e. The van der Waals surface area contributed by atoms with Crippen LogP contribution >= 0.6 is 0 Å². The zero-order valence-corrected chi connectivity index (χ0v) is 12.7. The van der Waals surface area contributed by atoms with E-state index in [1.54, 1.807) is 0 Å². The minimum atomic E-state index is 0.501. The molecule has 0 unspecified atom stereocenters. The third-order valence-corrected chi connectivity index (χ3v) is 5.00. The first-order valence-electron chi connectivity index (χ1n) is 8.33. The Hall–Kier alpha value is -1.37.